The Kier molecular flexibility index (Phi) is 7.79. The maximum Gasteiger partial charge on any atom is 0.339 e. The summed E-state index contributed by atoms with van der Waals surface area (Å²) in [5.74, 6) is 5.05. The molecule has 0 spiro atoms. The van der Waals surface area contributed by atoms with Crippen LogP contribution in [0.2, 0.25) is 0 Å². The lowest BCUT2D eigenvalue weighted by atomic mass is 10.1. The van der Waals surface area contributed by atoms with Gasteiger partial charge in [0.2, 0.25) is 5.88 Å². The van der Waals surface area contributed by atoms with Gasteiger partial charge in [0.1, 0.15) is 22.8 Å². The Labute approximate surface area is 224 Å². The van der Waals surface area contributed by atoms with Crippen LogP contribution in [0.3, 0.4) is 0 Å². The third-order valence-electron chi connectivity index (χ3n) is 5.77. The summed E-state index contributed by atoms with van der Waals surface area (Å²) in [4.78, 5) is 30.3. The number of hydrogen-bond donors (Lipinski definition) is 3. The average molecular weight is 527 g/mol. The van der Waals surface area contributed by atoms with E-state index < -0.39 is 12.3 Å². The predicted octanol–water partition coefficient (Wildman–Crippen LogP) is 2.70. The number of hydrogen-bond acceptors (Lipinski definition) is 9. The molecule has 0 aromatic heterocycles. The van der Waals surface area contributed by atoms with Gasteiger partial charge in [-0.1, -0.05) is 36.4 Å². The van der Waals surface area contributed by atoms with Gasteiger partial charge in [0.15, 0.2) is 0 Å². The molecule has 4 rings (SSSR count). The molecule has 0 saturated carbocycles. The first-order valence-corrected chi connectivity index (χ1v) is 11.8. The fourth-order valence-corrected chi connectivity index (χ4v) is 3.79. The van der Waals surface area contributed by atoms with Gasteiger partial charge >= 0.3 is 5.97 Å². The highest BCUT2D eigenvalue weighted by Crippen LogP contribution is 2.28. The van der Waals surface area contributed by atoms with Gasteiger partial charge < -0.3 is 25.2 Å². The van der Waals surface area contributed by atoms with Gasteiger partial charge in [0, 0.05) is 26.1 Å². The number of carbonyl (C=O) groups is 2. The Morgan fingerprint density at radius 3 is 2.51 bits per heavy atom. The molecule has 1 atom stereocenters. The number of hydrazine groups is 1. The van der Waals surface area contributed by atoms with Crippen LogP contribution in [0.1, 0.15) is 31.8 Å². The normalized spacial score (nSPS) is 14.8. The minimum absolute atomic E-state index is 0.0105. The Balaban J connectivity index is 1.74. The number of nitrogens with two attached hydrogens (primary N) is 2. The standard InChI is InChI=1S/C28H26N6O5/c1-33(2)25(35)19-9-6-10-20(15-19)38-26-24(30)22(13-17-7-4-3-5-8-17)32-28(34(26)31)39-23-14-18(16-29)11-12-21(23)27(36)37/h3-12,14-15,28H,13,30-31H2,1-2H3,(H,36,37). The number of amides is 1. The number of rotatable bonds is 8. The van der Waals surface area contributed by atoms with Crippen molar-refractivity contribution in [2.24, 2.45) is 16.6 Å². The molecule has 1 unspecified atom stereocenters. The van der Waals surface area contributed by atoms with Crippen molar-refractivity contribution in [3.63, 3.8) is 0 Å². The van der Waals surface area contributed by atoms with E-state index in [0.717, 1.165) is 10.6 Å². The SMILES string of the molecule is CN(C)C(=O)c1cccc(OC2=C(N)C(Cc3ccccc3)=NC(Oc3cc(C#N)ccc3C(=O)O)N2N)c1. The van der Waals surface area contributed by atoms with Crippen molar-refractivity contribution in [2.75, 3.05) is 14.1 Å². The van der Waals surface area contributed by atoms with Crippen LogP contribution in [0.4, 0.5) is 0 Å². The van der Waals surface area contributed by atoms with E-state index in [2.05, 4.69) is 4.99 Å². The molecule has 11 heteroatoms. The molecule has 1 aliphatic rings. The molecule has 0 aliphatic carbocycles. The van der Waals surface area contributed by atoms with Gasteiger partial charge in [0.05, 0.1) is 17.3 Å². The van der Waals surface area contributed by atoms with Crippen molar-refractivity contribution in [1.29, 1.82) is 5.26 Å². The first kappa shape index (κ1) is 26.7. The second kappa shape index (κ2) is 11.4. The van der Waals surface area contributed by atoms with Gasteiger partial charge in [-0.2, -0.15) is 5.26 Å². The smallest absolute Gasteiger partial charge is 0.339 e. The molecule has 11 nitrogen and oxygen atoms in total. The van der Waals surface area contributed by atoms with E-state index in [1.54, 1.807) is 38.4 Å². The van der Waals surface area contributed by atoms with Gasteiger partial charge in [-0.3, -0.25) is 4.79 Å². The van der Waals surface area contributed by atoms with Crippen molar-refractivity contribution in [1.82, 2.24) is 9.91 Å². The maximum atomic E-state index is 12.5. The van der Waals surface area contributed by atoms with Gasteiger partial charge in [-0.25, -0.2) is 20.6 Å². The Hall–Kier alpha value is -5.34. The molecule has 1 amide bonds. The van der Waals surface area contributed by atoms with Crippen molar-refractivity contribution in [3.8, 4) is 17.6 Å². The van der Waals surface area contributed by atoms with E-state index in [4.69, 9.17) is 21.1 Å². The highest BCUT2D eigenvalue weighted by molar-refractivity contribution is 6.01. The number of nitriles is 1. The summed E-state index contributed by atoms with van der Waals surface area (Å²) < 4.78 is 12.0. The number of benzene rings is 3. The quantitative estimate of drug-likeness (QED) is 0.374. The number of aliphatic imine (C=N–C) groups is 1. The second-order valence-electron chi connectivity index (χ2n) is 8.77. The van der Waals surface area contributed by atoms with Crippen LogP contribution in [0.5, 0.6) is 11.5 Å². The summed E-state index contributed by atoms with van der Waals surface area (Å²) in [5.41, 5.74) is 8.29. The van der Waals surface area contributed by atoms with Crippen molar-refractivity contribution in [2.45, 2.75) is 12.8 Å². The van der Waals surface area contributed by atoms with Crippen molar-refractivity contribution < 1.29 is 24.2 Å². The number of ether oxygens (including phenoxy) is 2. The molecule has 1 aliphatic heterocycles. The zero-order chi connectivity index (χ0) is 28.1. The fourth-order valence-electron chi connectivity index (χ4n) is 3.79. The minimum Gasteiger partial charge on any atom is -0.478 e. The van der Waals surface area contributed by atoms with Gasteiger partial charge in [-0.05, 0) is 42.0 Å². The van der Waals surface area contributed by atoms with Crippen LogP contribution in [-0.4, -0.2) is 53.1 Å². The molecule has 39 heavy (non-hydrogen) atoms. The average Bonchev–Trinajstić information content (AvgIpc) is 2.93. The molecule has 0 saturated heterocycles. The highest BCUT2D eigenvalue weighted by Gasteiger charge is 2.32. The van der Waals surface area contributed by atoms with Crippen molar-refractivity contribution >= 4 is 17.6 Å². The topological polar surface area (TPSA) is 168 Å². The Morgan fingerprint density at radius 1 is 1.10 bits per heavy atom. The summed E-state index contributed by atoms with van der Waals surface area (Å²) in [7, 11) is 3.28. The lowest BCUT2D eigenvalue weighted by molar-refractivity contribution is 0.0214. The molecular weight excluding hydrogens is 500 g/mol. The lowest BCUT2D eigenvalue weighted by Crippen LogP contribution is -2.49. The number of carboxylic acids is 1. The molecule has 5 N–H and O–H groups in total. The van der Waals surface area contributed by atoms with Crippen LogP contribution in [0.15, 0.2) is 89.4 Å². The highest BCUT2D eigenvalue weighted by atomic mass is 16.5. The summed E-state index contributed by atoms with van der Waals surface area (Å²) in [5, 5.41) is 20.0. The van der Waals surface area contributed by atoms with Crippen LogP contribution >= 0.6 is 0 Å². The monoisotopic (exact) mass is 526 g/mol. The minimum atomic E-state index is -1.29. The van der Waals surface area contributed by atoms with E-state index in [1.165, 1.54) is 23.1 Å². The number of allylic oxidation sites excluding steroid dienone is 1. The second-order valence-corrected chi connectivity index (χ2v) is 8.77. The van der Waals surface area contributed by atoms with Gasteiger partial charge in [-0.15, -0.1) is 0 Å². The fraction of sp³-hybridized carbons (Fsp3) is 0.143. The van der Waals surface area contributed by atoms with Crippen LogP contribution in [0.25, 0.3) is 0 Å². The molecule has 198 valence electrons. The predicted molar refractivity (Wildman–Crippen MR) is 142 cm³/mol. The molecular formula is C28H26N6O5. The number of carbonyl (C=O) groups excluding carboxylic acids is 1. The summed E-state index contributed by atoms with van der Waals surface area (Å²) in [6.07, 6.45) is -0.985. The van der Waals surface area contributed by atoms with E-state index in [0.29, 0.717) is 17.7 Å². The Bertz CT molecular complexity index is 1510. The molecule has 3 aromatic carbocycles. The first-order chi connectivity index (χ1) is 18.7. The largest absolute Gasteiger partial charge is 0.478 e. The molecule has 3 aromatic rings. The van der Waals surface area contributed by atoms with E-state index >= 15 is 0 Å². The molecule has 0 fully saturated rings. The first-order valence-electron chi connectivity index (χ1n) is 11.8. The van der Waals surface area contributed by atoms with Crippen LogP contribution < -0.4 is 21.1 Å². The molecule has 1 heterocycles. The van der Waals surface area contributed by atoms with Gasteiger partial charge in [0.25, 0.3) is 12.3 Å². The maximum absolute atomic E-state index is 12.5. The summed E-state index contributed by atoms with van der Waals surface area (Å²) in [6, 6.07) is 21.8. The summed E-state index contributed by atoms with van der Waals surface area (Å²) in [6.45, 7) is 0. The number of aromatic carboxylic acids is 1. The summed E-state index contributed by atoms with van der Waals surface area (Å²) >= 11 is 0. The van der Waals surface area contributed by atoms with Crippen LogP contribution in [-0.2, 0) is 6.42 Å². The zero-order valence-corrected chi connectivity index (χ0v) is 21.2. The number of carboxylic acid groups (broad SMARTS) is 1. The van der Waals surface area contributed by atoms with E-state index in [9.17, 15) is 20.0 Å². The third-order valence-corrected chi connectivity index (χ3v) is 5.77. The number of nitrogens with zero attached hydrogens (tertiary/aromatic N) is 4. The Morgan fingerprint density at radius 2 is 1.85 bits per heavy atom. The van der Waals surface area contributed by atoms with E-state index in [1.807, 2.05) is 36.4 Å². The van der Waals surface area contributed by atoms with Crippen LogP contribution in [0, 0.1) is 11.3 Å². The molecule has 0 radical (unpaired) electrons. The third kappa shape index (κ3) is 5.98. The molecule has 0 bridgehead atoms. The zero-order valence-electron chi connectivity index (χ0n) is 21.2. The van der Waals surface area contributed by atoms with E-state index in [-0.39, 0.29) is 40.1 Å². The van der Waals surface area contributed by atoms with Crippen molar-refractivity contribution in [3.05, 3.63) is 107 Å². The lowest BCUT2D eigenvalue weighted by Gasteiger charge is -2.33.